The van der Waals surface area contributed by atoms with E-state index in [2.05, 4.69) is 15.0 Å². The van der Waals surface area contributed by atoms with Crippen LogP contribution < -0.4 is 4.90 Å². The minimum absolute atomic E-state index is 0.0685. The van der Waals surface area contributed by atoms with Crippen molar-refractivity contribution < 1.29 is 14.3 Å². The molecule has 9 heteroatoms. The van der Waals surface area contributed by atoms with E-state index in [4.69, 9.17) is 11.6 Å². The number of hydrogen-bond acceptors (Lipinski definition) is 5. The summed E-state index contributed by atoms with van der Waals surface area (Å²) >= 11 is 0. The number of benzene rings is 2. The van der Waals surface area contributed by atoms with Crippen LogP contribution in [0.15, 0.2) is 48.8 Å². The van der Waals surface area contributed by atoms with Crippen molar-refractivity contribution in [3.8, 4) is 22.5 Å². The van der Waals surface area contributed by atoms with Gasteiger partial charge in [-0.2, -0.15) is 0 Å². The number of aryl methyl sites for hydroxylation is 1. The van der Waals surface area contributed by atoms with Crippen LogP contribution in [0.2, 0.25) is 0 Å². The van der Waals surface area contributed by atoms with Crippen molar-refractivity contribution in [2.45, 2.75) is 31.9 Å². The first-order valence-corrected chi connectivity index (χ1v) is 11.6. The van der Waals surface area contributed by atoms with Crippen LogP contribution >= 0.6 is 0 Å². The van der Waals surface area contributed by atoms with Gasteiger partial charge in [0.25, 0.3) is 5.91 Å². The molecule has 2 aromatic heterocycles. The smallest absolute Gasteiger partial charge is 0.260 e. The molecular weight excluding hydrogens is 459 g/mol. The third kappa shape index (κ3) is 3.63. The number of amides is 1. The first-order chi connectivity index (χ1) is 17.5. The second kappa shape index (κ2) is 8.36. The van der Waals surface area contributed by atoms with E-state index in [1.54, 1.807) is 29.1 Å². The highest BCUT2D eigenvalue weighted by Crippen LogP contribution is 2.43. The molecule has 0 atom stereocenters. The van der Waals surface area contributed by atoms with Gasteiger partial charge in [-0.05, 0) is 59.9 Å². The van der Waals surface area contributed by atoms with Crippen LogP contribution in [-0.2, 0) is 20.2 Å². The van der Waals surface area contributed by atoms with Crippen molar-refractivity contribution in [2.75, 3.05) is 4.90 Å². The molecule has 0 radical (unpaired) electrons. The molecular formula is C27H21FN6O2. The topological polar surface area (TPSA) is 88.5 Å². The molecule has 8 nitrogen and oxygen atoms in total. The zero-order chi connectivity index (χ0) is 25.0. The quantitative estimate of drug-likeness (QED) is 0.416. The molecule has 1 fully saturated rings. The number of rotatable bonds is 5. The average Bonchev–Trinajstić information content (AvgIpc) is 3.58. The van der Waals surface area contributed by atoms with Crippen LogP contribution in [0, 0.1) is 12.4 Å². The average molecular weight is 481 g/mol. The molecule has 6 rings (SSSR count). The summed E-state index contributed by atoms with van der Waals surface area (Å²) in [5.41, 5.74) is 4.68. The van der Waals surface area contributed by atoms with E-state index in [0.717, 1.165) is 35.2 Å². The summed E-state index contributed by atoms with van der Waals surface area (Å²) in [6.07, 6.45) is 3.64. The Morgan fingerprint density at radius 3 is 2.67 bits per heavy atom. The molecule has 0 bridgehead atoms. The second-order valence-electron chi connectivity index (χ2n) is 9.17. The predicted octanol–water partition coefficient (Wildman–Crippen LogP) is 4.76. The Morgan fingerprint density at radius 1 is 1.14 bits per heavy atom. The van der Waals surface area contributed by atoms with Crippen molar-refractivity contribution in [1.29, 1.82) is 0 Å². The van der Waals surface area contributed by atoms with Crippen molar-refractivity contribution >= 4 is 17.4 Å². The molecule has 2 aliphatic rings. The van der Waals surface area contributed by atoms with E-state index in [-0.39, 0.29) is 24.6 Å². The van der Waals surface area contributed by atoms with Gasteiger partial charge in [-0.3, -0.25) is 9.69 Å². The lowest BCUT2D eigenvalue weighted by Gasteiger charge is -2.18. The van der Waals surface area contributed by atoms with E-state index in [1.807, 2.05) is 25.2 Å². The Hall–Kier alpha value is -4.42. The number of carbonyl (C=O) groups excluding carboxylic acids is 1. The molecule has 4 aromatic rings. The SMILES string of the molecule is [C-]#[N+]c1ccc(-c2cc(C3CC3)nc(N3Cc4c(F)cc(CO)cc4C3=O)c2)c(-c2nncn2C)c1. The van der Waals surface area contributed by atoms with Gasteiger partial charge >= 0.3 is 0 Å². The summed E-state index contributed by atoms with van der Waals surface area (Å²) in [6, 6.07) is 12.1. The van der Waals surface area contributed by atoms with Crippen LogP contribution in [-0.4, -0.2) is 30.8 Å². The third-order valence-corrected chi connectivity index (χ3v) is 6.73. The molecule has 1 saturated carbocycles. The number of halogens is 1. The lowest BCUT2D eigenvalue weighted by Crippen LogP contribution is -2.24. The Morgan fingerprint density at radius 2 is 1.97 bits per heavy atom. The van der Waals surface area contributed by atoms with E-state index in [1.165, 1.54) is 11.0 Å². The highest BCUT2D eigenvalue weighted by molar-refractivity contribution is 6.10. The number of hydrogen-bond donors (Lipinski definition) is 1. The Labute approximate surface area is 206 Å². The number of aromatic nitrogens is 4. The molecule has 1 amide bonds. The molecule has 1 aliphatic carbocycles. The maximum Gasteiger partial charge on any atom is 0.260 e. The van der Waals surface area contributed by atoms with Gasteiger partial charge in [-0.25, -0.2) is 14.2 Å². The Balaban J connectivity index is 1.49. The van der Waals surface area contributed by atoms with Gasteiger partial charge in [0.2, 0.25) is 0 Å². The summed E-state index contributed by atoms with van der Waals surface area (Å²) in [5, 5.41) is 17.7. The largest absolute Gasteiger partial charge is 0.392 e. The fourth-order valence-corrected chi connectivity index (χ4v) is 4.68. The molecule has 178 valence electrons. The maximum atomic E-state index is 14.7. The lowest BCUT2D eigenvalue weighted by molar-refractivity contribution is 0.0995. The fraction of sp³-hybridized carbons (Fsp3) is 0.222. The highest BCUT2D eigenvalue weighted by atomic mass is 19.1. The van der Waals surface area contributed by atoms with Crippen LogP contribution in [0.5, 0.6) is 0 Å². The van der Waals surface area contributed by atoms with Crippen molar-refractivity contribution in [3.63, 3.8) is 0 Å². The first kappa shape index (κ1) is 22.1. The van der Waals surface area contributed by atoms with Crippen LogP contribution in [0.1, 0.15) is 45.9 Å². The van der Waals surface area contributed by atoms with Gasteiger partial charge in [0.05, 0.1) is 19.7 Å². The number of aliphatic hydroxyl groups excluding tert-OH is 1. The monoisotopic (exact) mass is 480 g/mol. The standard InChI is InChI=1S/C27H21FN6O2/c1-29-18-5-6-19(20(11-18)26-32-30-14-33(26)2)17-9-24(16-3-4-16)31-25(10-17)34-12-22-21(27(34)36)7-15(13-35)8-23(22)28/h5-11,14,16,35H,3-4,12-13H2,2H3. The van der Waals surface area contributed by atoms with Crippen LogP contribution in [0.4, 0.5) is 15.9 Å². The normalized spacial score (nSPS) is 14.7. The van der Waals surface area contributed by atoms with Crippen LogP contribution in [0.25, 0.3) is 27.4 Å². The van der Waals surface area contributed by atoms with Crippen LogP contribution in [0.3, 0.4) is 0 Å². The molecule has 0 saturated heterocycles. The lowest BCUT2D eigenvalue weighted by atomic mass is 9.97. The summed E-state index contributed by atoms with van der Waals surface area (Å²) in [7, 11) is 1.84. The molecule has 1 aliphatic heterocycles. The third-order valence-electron chi connectivity index (χ3n) is 6.73. The number of nitrogens with zero attached hydrogens (tertiary/aromatic N) is 6. The van der Waals surface area contributed by atoms with Crippen molar-refractivity contribution in [1.82, 2.24) is 19.7 Å². The number of fused-ring (bicyclic) bond motifs is 1. The van der Waals surface area contributed by atoms with Gasteiger partial charge in [0, 0.05) is 35.3 Å². The Kier molecular flexibility index (Phi) is 5.12. The Bertz CT molecular complexity index is 1580. The van der Waals surface area contributed by atoms with Crippen molar-refractivity contribution in [2.24, 2.45) is 7.05 Å². The molecule has 3 heterocycles. The number of pyridine rings is 1. The van der Waals surface area contributed by atoms with E-state index < -0.39 is 5.82 Å². The summed E-state index contributed by atoms with van der Waals surface area (Å²) in [5.74, 6) is 0.513. The van der Waals surface area contributed by atoms with E-state index in [0.29, 0.717) is 34.4 Å². The minimum atomic E-state index is -0.509. The minimum Gasteiger partial charge on any atom is -0.392 e. The summed E-state index contributed by atoms with van der Waals surface area (Å²) in [4.78, 5) is 23.2. The molecule has 0 spiro atoms. The predicted molar refractivity (Wildman–Crippen MR) is 131 cm³/mol. The van der Waals surface area contributed by atoms with Gasteiger partial charge in [-0.1, -0.05) is 12.1 Å². The molecule has 2 aromatic carbocycles. The van der Waals surface area contributed by atoms with E-state index in [9.17, 15) is 14.3 Å². The molecule has 1 N–H and O–H groups in total. The number of anilines is 1. The summed E-state index contributed by atoms with van der Waals surface area (Å²) in [6.45, 7) is 7.18. The zero-order valence-corrected chi connectivity index (χ0v) is 19.4. The van der Waals surface area contributed by atoms with Gasteiger partial charge in [0.1, 0.15) is 18.0 Å². The fourth-order valence-electron chi connectivity index (χ4n) is 4.68. The van der Waals surface area contributed by atoms with Gasteiger partial charge < -0.3 is 9.67 Å². The van der Waals surface area contributed by atoms with Gasteiger partial charge in [0.15, 0.2) is 11.5 Å². The molecule has 0 unspecified atom stereocenters. The number of carbonyl (C=O) groups is 1. The first-order valence-electron chi connectivity index (χ1n) is 11.6. The van der Waals surface area contributed by atoms with Crippen molar-refractivity contribution in [3.05, 3.63) is 88.4 Å². The zero-order valence-electron chi connectivity index (χ0n) is 19.4. The molecule has 36 heavy (non-hydrogen) atoms. The maximum absolute atomic E-state index is 14.7. The van der Waals surface area contributed by atoms with E-state index >= 15 is 0 Å². The summed E-state index contributed by atoms with van der Waals surface area (Å²) < 4.78 is 16.5. The number of aliphatic hydroxyl groups is 1. The highest BCUT2D eigenvalue weighted by Gasteiger charge is 2.34. The second-order valence-corrected chi connectivity index (χ2v) is 9.17. The van der Waals surface area contributed by atoms with Gasteiger partial charge in [-0.15, -0.1) is 10.2 Å².